The van der Waals surface area contributed by atoms with Crippen LogP contribution in [-0.4, -0.2) is 11.2 Å². The quantitative estimate of drug-likeness (QED) is 0.891. The van der Waals surface area contributed by atoms with Gasteiger partial charge < -0.3 is 9.84 Å². The topological polar surface area (TPSA) is 61.9 Å². The van der Waals surface area contributed by atoms with Crippen molar-refractivity contribution in [2.75, 3.05) is 0 Å². The summed E-state index contributed by atoms with van der Waals surface area (Å²) in [6.07, 6.45) is 4.49. The number of nitrogens with one attached hydrogen (secondary N) is 1. The van der Waals surface area contributed by atoms with E-state index in [1.165, 1.54) is 12.8 Å². The zero-order valence-electron chi connectivity index (χ0n) is 11.4. The lowest BCUT2D eigenvalue weighted by molar-refractivity contribution is 0.291. The molecule has 4 nitrogen and oxygen atoms in total. The fourth-order valence-electron chi connectivity index (χ4n) is 3.00. The lowest BCUT2D eigenvalue weighted by Crippen LogP contribution is -2.39. The van der Waals surface area contributed by atoms with E-state index in [2.05, 4.69) is 23.5 Å². The maximum Gasteiger partial charge on any atom is 0.138 e. The van der Waals surface area contributed by atoms with E-state index in [4.69, 9.17) is 4.52 Å². The van der Waals surface area contributed by atoms with E-state index in [1.54, 1.807) is 0 Å². The SMILES string of the molecule is Cc1noc(C)c1C(C)NC1CCCCC1C#N. The first-order valence-electron chi connectivity index (χ1n) is 6.72. The van der Waals surface area contributed by atoms with Crippen LogP contribution < -0.4 is 5.32 Å². The summed E-state index contributed by atoms with van der Waals surface area (Å²) in [5, 5.41) is 16.8. The molecule has 1 N–H and O–H groups in total. The minimum Gasteiger partial charge on any atom is -0.361 e. The molecule has 1 aliphatic carbocycles. The van der Waals surface area contributed by atoms with Crippen molar-refractivity contribution in [1.82, 2.24) is 10.5 Å². The molecule has 0 radical (unpaired) electrons. The number of aryl methyl sites for hydroxylation is 2. The van der Waals surface area contributed by atoms with Crippen LogP contribution in [0.1, 0.15) is 55.7 Å². The van der Waals surface area contributed by atoms with Gasteiger partial charge in [-0.2, -0.15) is 5.26 Å². The van der Waals surface area contributed by atoms with Crippen molar-refractivity contribution in [2.24, 2.45) is 5.92 Å². The Labute approximate surface area is 108 Å². The van der Waals surface area contributed by atoms with E-state index in [0.717, 1.165) is 29.9 Å². The molecular formula is C14H21N3O. The molecule has 1 fully saturated rings. The van der Waals surface area contributed by atoms with Crippen LogP contribution in [0.3, 0.4) is 0 Å². The van der Waals surface area contributed by atoms with Gasteiger partial charge in [-0.25, -0.2) is 0 Å². The smallest absolute Gasteiger partial charge is 0.138 e. The highest BCUT2D eigenvalue weighted by Crippen LogP contribution is 2.28. The van der Waals surface area contributed by atoms with E-state index in [0.29, 0.717) is 6.04 Å². The molecule has 1 aliphatic rings. The molecule has 0 bridgehead atoms. The van der Waals surface area contributed by atoms with Crippen LogP contribution >= 0.6 is 0 Å². The molecule has 18 heavy (non-hydrogen) atoms. The molecule has 3 atom stereocenters. The molecule has 0 aliphatic heterocycles. The van der Waals surface area contributed by atoms with E-state index in [9.17, 15) is 5.26 Å². The van der Waals surface area contributed by atoms with E-state index >= 15 is 0 Å². The first-order valence-corrected chi connectivity index (χ1v) is 6.72. The van der Waals surface area contributed by atoms with Crippen LogP contribution in [0.2, 0.25) is 0 Å². The summed E-state index contributed by atoms with van der Waals surface area (Å²) < 4.78 is 5.20. The summed E-state index contributed by atoms with van der Waals surface area (Å²) in [7, 11) is 0. The third-order valence-corrected chi connectivity index (χ3v) is 3.92. The van der Waals surface area contributed by atoms with E-state index < -0.39 is 0 Å². The van der Waals surface area contributed by atoms with E-state index in [-0.39, 0.29) is 12.0 Å². The molecule has 3 unspecified atom stereocenters. The van der Waals surface area contributed by atoms with Gasteiger partial charge in [0.05, 0.1) is 17.7 Å². The Kier molecular flexibility index (Phi) is 4.03. The lowest BCUT2D eigenvalue weighted by Gasteiger charge is -2.30. The van der Waals surface area contributed by atoms with Gasteiger partial charge in [0.2, 0.25) is 0 Å². The normalized spacial score (nSPS) is 25.7. The van der Waals surface area contributed by atoms with Gasteiger partial charge in [-0.15, -0.1) is 0 Å². The summed E-state index contributed by atoms with van der Waals surface area (Å²) >= 11 is 0. The zero-order chi connectivity index (χ0) is 13.1. The Hall–Kier alpha value is -1.34. The van der Waals surface area contributed by atoms with Crippen molar-refractivity contribution in [3.63, 3.8) is 0 Å². The first kappa shape index (κ1) is 13.1. The summed E-state index contributed by atoms with van der Waals surface area (Å²) in [6, 6.07) is 2.92. The largest absolute Gasteiger partial charge is 0.361 e. The monoisotopic (exact) mass is 247 g/mol. The second-order valence-electron chi connectivity index (χ2n) is 5.25. The standard InChI is InChI=1S/C14H21N3O/c1-9(14-10(2)17-18-11(14)3)16-13-7-5-4-6-12(13)8-15/h9,12-13,16H,4-7H2,1-3H3. The average molecular weight is 247 g/mol. The minimum atomic E-state index is 0.140. The molecule has 0 spiro atoms. The molecule has 1 aromatic rings. The Bertz CT molecular complexity index is 427. The van der Waals surface area contributed by atoms with Crippen molar-refractivity contribution in [3.05, 3.63) is 17.0 Å². The summed E-state index contributed by atoms with van der Waals surface area (Å²) in [5.74, 6) is 1.01. The third kappa shape index (κ3) is 2.56. The average Bonchev–Trinajstić information content (AvgIpc) is 2.69. The Morgan fingerprint density at radius 3 is 2.72 bits per heavy atom. The molecule has 1 heterocycles. The van der Waals surface area contributed by atoms with Crippen LogP contribution in [0.5, 0.6) is 0 Å². The lowest BCUT2D eigenvalue weighted by atomic mass is 9.85. The molecule has 98 valence electrons. The van der Waals surface area contributed by atoms with Crippen molar-refractivity contribution in [3.8, 4) is 6.07 Å². The van der Waals surface area contributed by atoms with Crippen LogP contribution in [0.4, 0.5) is 0 Å². The Morgan fingerprint density at radius 2 is 2.11 bits per heavy atom. The molecule has 0 amide bonds. The van der Waals surface area contributed by atoms with Gasteiger partial charge in [0, 0.05) is 17.6 Å². The van der Waals surface area contributed by atoms with Gasteiger partial charge in [-0.3, -0.25) is 0 Å². The van der Waals surface area contributed by atoms with Gasteiger partial charge in [-0.1, -0.05) is 18.0 Å². The number of nitrogens with zero attached hydrogens (tertiary/aromatic N) is 2. The fraction of sp³-hybridized carbons (Fsp3) is 0.714. The van der Waals surface area contributed by atoms with Crippen molar-refractivity contribution < 1.29 is 4.52 Å². The predicted octanol–water partition coefficient (Wildman–Crippen LogP) is 3.02. The second kappa shape index (κ2) is 5.53. The van der Waals surface area contributed by atoms with Crippen LogP contribution in [0, 0.1) is 31.1 Å². The second-order valence-corrected chi connectivity index (χ2v) is 5.25. The predicted molar refractivity (Wildman–Crippen MR) is 68.9 cm³/mol. The Morgan fingerprint density at radius 1 is 1.39 bits per heavy atom. The van der Waals surface area contributed by atoms with Crippen LogP contribution in [0.25, 0.3) is 0 Å². The third-order valence-electron chi connectivity index (χ3n) is 3.92. The van der Waals surface area contributed by atoms with Crippen molar-refractivity contribution in [2.45, 2.75) is 58.5 Å². The minimum absolute atomic E-state index is 0.140. The summed E-state index contributed by atoms with van der Waals surface area (Å²) in [4.78, 5) is 0. The number of nitriles is 1. The van der Waals surface area contributed by atoms with Crippen molar-refractivity contribution >= 4 is 0 Å². The zero-order valence-corrected chi connectivity index (χ0v) is 11.4. The highest BCUT2D eigenvalue weighted by molar-refractivity contribution is 5.24. The fourth-order valence-corrected chi connectivity index (χ4v) is 3.00. The highest BCUT2D eigenvalue weighted by atomic mass is 16.5. The maximum atomic E-state index is 9.19. The van der Waals surface area contributed by atoms with Crippen LogP contribution in [0.15, 0.2) is 4.52 Å². The Balaban J connectivity index is 2.07. The summed E-state index contributed by atoms with van der Waals surface area (Å²) in [5.41, 5.74) is 2.08. The van der Waals surface area contributed by atoms with Gasteiger partial charge in [-0.05, 0) is 33.6 Å². The van der Waals surface area contributed by atoms with E-state index in [1.807, 2.05) is 13.8 Å². The summed E-state index contributed by atoms with van der Waals surface area (Å²) in [6.45, 7) is 6.03. The van der Waals surface area contributed by atoms with Gasteiger partial charge in [0.15, 0.2) is 0 Å². The molecular weight excluding hydrogens is 226 g/mol. The number of rotatable bonds is 3. The highest BCUT2D eigenvalue weighted by Gasteiger charge is 2.27. The number of hydrogen-bond acceptors (Lipinski definition) is 4. The molecule has 2 rings (SSSR count). The molecule has 0 aromatic carbocycles. The molecule has 1 aromatic heterocycles. The molecule has 4 heteroatoms. The number of aromatic nitrogens is 1. The van der Waals surface area contributed by atoms with Gasteiger partial charge >= 0.3 is 0 Å². The van der Waals surface area contributed by atoms with Gasteiger partial charge in [0.1, 0.15) is 5.76 Å². The van der Waals surface area contributed by atoms with Gasteiger partial charge in [0.25, 0.3) is 0 Å². The maximum absolute atomic E-state index is 9.19. The first-order chi connectivity index (χ1) is 8.63. The molecule has 1 saturated carbocycles. The number of hydrogen-bond donors (Lipinski definition) is 1. The van der Waals surface area contributed by atoms with Crippen LogP contribution in [-0.2, 0) is 0 Å². The molecule has 0 saturated heterocycles. The van der Waals surface area contributed by atoms with Crippen molar-refractivity contribution in [1.29, 1.82) is 5.26 Å².